The molecule has 3 atom stereocenters. The van der Waals surface area contributed by atoms with E-state index in [1.807, 2.05) is 0 Å². The van der Waals surface area contributed by atoms with Gasteiger partial charge in [0.1, 0.15) is 0 Å². The predicted molar refractivity (Wildman–Crippen MR) is 41.8 cm³/mol. The molecule has 0 aromatic rings. The Hall–Kier alpha value is -0.610. The number of hydrogen-bond acceptors (Lipinski definition) is 3. The summed E-state index contributed by atoms with van der Waals surface area (Å²) < 4.78 is 4.99. The van der Waals surface area contributed by atoms with Gasteiger partial charge in [-0.05, 0) is 12.8 Å². The third-order valence-electron chi connectivity index (χ3n) is 2.38. The Morgan fingerprint density at radius 2 is 2.17 bits per heavy atom. The average Bonchev–Trinajstić information content (AvgIpc) is 2.03. The highest BCUT2D eigenvalue weighted by Crippen LogP contribution is 2.26. The first kappa shape index (κ1) is 9.48. The van der Waals surface area contributed by atoms with Crippen LogP contribution in [0.15, 0.2) is 0 Å². The van der Waals surface area contributed by atoms with Crippen molar-refractivity contribution in [2.45, 2.75) is 31.5 Å². The maximum Gasteiger partial charge on any atom is 0.309 e. The van der Waals surface area contributed by atoms with E-state index in [1.54, 1.807) is 0 Å². The van der Waals surface area contributed by atoms with Crippen LogP contribution in [0, 0.1) is 5.92 Å². The molecule has 0 aromatic carbocycles. The molecular formula is C8H14O4. The van der Waals surface area contributed by atoms with E-state index in [0.29, 0.717) is 19.3 Å². The van der Waals surface area contributed by atoms with Crippen LogP contribution in [0.25, 0.3) is 0 Å². The molecule has 0 spiro atoms. The van der Waals surface area contributed by atoms with E-state index in [2.05, 4.69) is 0 Å². The van der Waals surface area contributed by atoms with Crippen molar-refractivity contribution in [1.29, 1.82) is 0 Å². The molecule has 70 valence electrons. The minimum absolute atomic E-state index is 0.328. The van der Waals surface area contributed by atoms with E-state index in [0.717, 1.165) is 0 Å². The maximum absolute atomic E-state index is 10.7. The van der Waals surface area contributed by atoms with Gasteiger partial charge in [0.2, 0.25) is 0 Å². The van der Waals surface area contributed by atoms with Crippen LogP contribution in [-0.4, -0.2) is 35.5 Å². The van der Waals surface area contributed by atoms with E-state index in [9.17, 15) is 9.90 Å². The average molecular weight is 174 g/mol. The highest BCUT2D eigenvalue weighted by atomic mass is 16.5. The van der Waals surface area contributed by atoms with Crippen LogP contribution in [0.5, 0.6) is 0 Å². The minimum Gasteiger partial charge on any atom is -0.481 e. The van der Waals surface area contributed by atoms with Gasteiger partial charge in [-0.2, -0.15) is 0 Å². The Morgan fingerprint density at radius 1 is 1.50 bits per heavy atom. The lowest BCUT2D eigenvalue weighted by molar-refractivity contribution is -0.150. The lowest BCUT2D eigenvalue weighted by Crippen LogP contribution is -2.37. The molecule has 12 heavy (non-hydrogen) atoms. The molecular weight excluding hydrogens is 160 g/mol. The SMILES string of the molecule is CO[C@@H]1C[C@H](O)CC[C@@H]1C(=O)O. The van der Waals surface area contributed by atoms with Gasteiger partial charge < -0.3 is 14.9 Å². The van der Waals surface area contributed by atoms with Gasteiger partial charge in [0.05, 0.1) is 18.1 Å². The molecule has 1 rings (SSSR count). The Labute approximate surface area is 71.2 Å². The molecule has 0 aromatic heterocycles. The molecule has 0 bridgehead atoms. The standard InChI is InChI=1S/C8H14O4/c1-12-7-4-5(9)2-3-6(7)8(10)11/h5-7,9H,2-4H2,1H3,(H,10,11)/t5-,6+,7-/m1/s1. The largest absolute Gasteiger partial charge is 0.481 e. The van der Waals surface area contributed by atoms with Crippen molar-refractivity contribution in [3.05, 3.63) is 0 Å². The van der Waals surface area contributed by atoms with Crippen LogP contribution in [0.1, 0.15) is 19.3 Å². The van der Waals surface area contributed by atoms with Gasteiger partial charge in [0.15, 0.2) is 0 Å². The van der Waals surface area contributed by atoms with Gasteiger partial charge in [-0.1, -0.05) is 0 Å². The summed E-state index contributed by atoms with van der Waals surface area (Å²) in [5.74, 6) is -1.27. The lowest BCUT2D eigenvalue weighted by atomic mass is 9.85. The van der Waals surface area contributed by atoms with Gasteiger partial charge in [0.25, 0.3) is 0 Å². The number of rotatable bonds is 2. The molecule has 0 radical (unpaired) electrons. The normalized spacial score (nSPS) is 36.3. The van der Waals surface area contributed by atoms with E-state index < -0.39 is 18.0 Å². The van der Waals surface area contributed by atoms with Gasteiger partial charge >= 0.3 is 5.97 Å². The topological polar surface area (TPSA) is 66.8 Å². The van der Waals surface area contributed by atoms with Crippen molar-refractivity contribution in [3.63, 3.8) is 0 Å². The molecule has 1 fully saturated rings. The predicted octanol–water partition coefficient (Wildman–Crippen LogP) is 0.247. The molecule has 0 heterocycles. The molecule has 0 unspecified atom stereocenters. The molecule has 0 amide bonds. The number of carboxylic acids is 1. The summed E-state index contributed by atoms with van der Waals surface area (Å²) in [7, 11) is 1.48. The summed E-state index contributed by atoms with van der Waals surface area (Å²) in [4.78, 5) is 10.7. The number of carbonyl (C=O) groups is 1. The van der Waals surface area contributed by atoms with Crippen LogP contribution in [-0.2, 0) is 9.53 Å². The van der Waals surface area contributed by atoms with Crippen molar-refractivity contribution in [1.82, 2.24) is 0 Å². The monoisotopic (exact) mass is 174 g/mol. The first-order valence-electron chi connectivity index (χ1n) is 4.08. The van der Waals surface area contributed by atoms with Crippen LogP contribution >= 0.6 is 0 Å². The number of aliphatic carboxylic acids is 1. The van der Waals surface area contributed by atoms with Crippen molar-refractivity contribution >= 4 is 5.97 Å². The third kappa shape index (κ3) is 1.95. The number of carboxylic acid groups (broad SMARTS) is 1. The molecule has 0 aliphatic heterocycles. The summed E-state index contributed by atoms with van der Waals surface area (Å²) in [6.45, 7) is 0. The fourth-order valence-corrected chi connectivity index (χ4v) is 1.65. The molecule has 4 nitrogen and oxygen atoms in total. The maximum atomic E-state index is 10.7. The molecule has 1 aliphatic rings. The summed E-state index contributed by atoms with van der Waals surface area (Å²) >= 11 is 0. The van der Waals surface area contributed by atoms with Crippen molar-refractivity contribution in [3.8, 4) is 0 Å². The summed E-state index contributed by atoms with van der Waals surface area (Å²) in [6.07, 6.45) is 0.788. The molecule has 4 heteroatoms. The number of aliphatic hydroxyl groups is 1. The Kier molecular flexibility index (Phi) is 3.05. The Morgan fingerprint density at radius 3 is 2.67 bits per heavy atom. The van der Waals surface area contributed by atoms with Crippen LogP contribution in [0.3, 0.4) is 0 Å². The van der Waals surface area contributed by atoms with Crippen molar-refractivity contribution in [2.75, 3.05) is 7.11 Å². The van der Waals surface area contributed by atoms with E-state index in [4.69, 9.17) is 9.84 Å². The number of methoxy groups -OCH3 is 1. The second kappa shape index (κ2) is 3.87. The molecule has 1 aliphatic carbocycles. The first-order chi connectivity index (χ1) is 5.65. The second-order valence-corrected chi connectivity index (χ2v) is 3.19. The van der Waals surface area contributed by atoms with E-state index in [-0.39, 0.29) is 6.10 Å². The zero-order valence-electron chi connectivity index (χ0n) is 7.06. The van der Waals surface area contributed by atoms with Crippen LogP contribution in [0.4, 0.5) is 0 Å². The van der Waals surface area contributed by atoms with Crippen LogP contribution < -0.4 is 0 Å². The summed E-state index contributed by atoms with van der Waals surface area (Å²) in [5.41, 5.74) is 0. The second-order valence-electron chi connectivity index (χ2n) is 3.19. The van der Waals surface area contributed by atoms with E-state index in [1.165, 1.54) is 7.11 Å². The fraction of sp³-hybridized carbons (Fsp3) is 0.875. The number of aliphatic hydroxyl groups excluding tert-OH is 1. The highest BCUT2D eigenvalue weighted by Gasteiger charge is 2.34. The van der Waals surface area contributed by atoms with Crippen molar-refractivity contribution in [2.24, 2.45) is 5.92 Å². The smallest absolute Gasteiger partial charge is 0.309 e. The summed E-state index contributed by atoms with van der Waals surface area (Å²) in [5, 5.41) is 18.0. The first-order valence-corrected chi connectivity index (χ1v) is 4.08. The molecule has 2 N–H and O–H groups in total. The Balaban J connectivity index is 2.56. The highest BCUT2D eigenvalue weighted by molar-refractivity contribution is 5.70. The molecule has 0 saturated heterocycles. The number of ether oxygens (including phenoxy) is 1. The minimum atomic E-state index is -0.825. The summed E-state index contributed by atoms with van der Waals surface area (Å²) in [6, 6.07) is 0. The van der Waals surface area contributed by atoms with Gasteiger partial charge in [-0.25, -0.2) is 0 Å². The quantitative estimate of drug-likeness (QED) is 0.629. The fourth-order valence-electron chi connectivity index (χ4n) is 1.65. The van der Waals surface area contributed by atoms with Gasteiger partial charge in [-0.15, -0.1) is 0 Å². The zero-order valence-corrected chi connectivity index (χ0v) is 7.06. The van der Waals surface area contributed by atoms with Gasteiger partial charge in [-0.3, -0.25) is 4.79 Å². The van der Waals surface area contributed by atoms with Crippen molar-refractivity contribution < 1.29 is 19.7 Å². The third-order valence-corrected chi connectivity index (χ3v) is 2.38. The van der Waals surface area contributed by atoms with E-state index >= 15 is 0 Å². The Bertz CT molecular complexity index is 168. The lowest BCUT2D eigenvalue weighted by Gasteiger charge is -2.30. The number of hydrogen-bond donors (Lipinski definition) is 2. The zero-order chi connectivity index (χ0) is 9.14. The van der Waals surface area contributed by atoms with Crippen LogP contribution in [0.2, 0.25) is 0 Å². The molecule has 1 saturated carbocycles. The van der Waals surface area contributed by atoms with Gasteiger partial charge in [0, 0.05) is 13.5 Å².